The number of hydrogen-bond acceptors (Lipinski definition) is 5. The molecule has 2 saturated heterocycles. The highest BCUT2D eigenvalue weighted by atomic mass is 16.5. The maximum atomic E-state index is 12.6. The first-order valence-electron chi connectivity index (χ1n) is 8.58. The molecule has 0 spiro atoms. The molecule has 0 unspecified atom stereocenters. The molecule has 1 aromatic heterocycles. The van der Waals surface area contributed by atoms with Crippen LogP contribution < -0.4 is 5.32 Å². The Bertz CT molecular complexity index is 743. The van der Waals surface area contributed by atoms with Gasteiger partial charge in [0.25, 0.3) is 5.91 Å². The number of ether oxygens (including phenoxy) is 1. The van der Waals surface area contributed by atoms with Crippen molar-refractivity contribution in [3.63, 3.8) is 0 Å². The fourth-order valence-electron chi connectivity index (χ4n) is 3.72. The number of amides is 1. The molecule has 0 bridgehead atoms. The zero-order valence-corrected chi connectivity index (χ0v) is 14.0. The Morgan fingerprint density at radius 3 is 3.08 bits per heavy atom. The monoisotopic (exact) mass is 329 g/mol. The molecule has 2 aliphatic rings. The van der Waals surface area contributed by atoms with Crippen molar-refractivity contribution in [1.29, 1.82) is 0 Å². The number of carbonyl (C=O) groups is 1. The van der Waals surface area contributed by atoms with E-state index >= 15 is 0 Å². The molecular formula is C17H23N5O2. The van der Waals surface area contributed by atoms with Crippen molar-refractivity contribution in [2.24, 2.45) is 5.92 Å². The summed E-state index contributed by atoms with van der Waals surface area (Å²) >= 11 is 0. The van der Waals surface area contributed by atoms with Gasteiger partial charge in [0.15, 0.2) is 0 Å². The minimum atomic E-state index is -0.0827. The molecule has 2 N–H and O–H groups in total. The van der Waals surface area contributed by atoms with E-state index in [-0.39, 0.29) is 11.9 Å². The lowest BCUT2D eigenvalue weighted by Crippen LogP contribution is -2.48. The van der Waals surface area contributed by atoms with Crippen LogP contribution in [0.4, 0.5) is 0 Å². The number of nitrogens with one attached hydrogen (secondary N) is 2. The minimum Gasteiger partial charge on any atom is -0.375 e. The van der Waals surface area contributed by atoms with E-state index in [1.54, 1.807) is 6.07 Å². The summed E-state index contributed by atoms with van der Waals surface area (Å²) in [6, 6.07) is 6.03. The van der Waals surface area contributed by atoms with Gasteiger partial charge in [-0.3, -0.25) is 9.69 Å². The zero-order valence-electron chi connectivity index (χ0n) is 14.0. The van der Waals surface area contributed by atoms with Crippen molar-refractivity contribution in [3.05, 3.63) is 23.8 Å². The summed E-state index contributed by atoms with van der Waals surface area (Å²) in [5, 5.41) is 13.9. The van der Waals surface area contributed by atoms with Crippen molar-refractivity contribution in [3.8, 4) is 0 Å². The van der Waals surface area contributed by atoms with Crippen LogP contribution >= 0.6 is 0 Å². The van der Waals surface area contributed by atoms with Gasteiger partial charge < -0.3 is 10.1 Å². The largest absolute Gasteiger partial charge is 0.375 e. The summed E-state index contributed by atoms with van der Waals surface area (Å²) in [5.74, 6) is 0.435. The number of nitrogens with zero attached hydrogens (tertiary/aromatic N) is 3. The van der Waals surface area contributed by atoms with Crippen molar-refractivity contribution >= 4 is 16.9 Å². The summed E-state index contributed by atoms with van der Waals surface area (Å²) in [6.45, 7) is 6.98. The third kappa shape index (κ3) is 2.78. The lowest BCUT2D eigenvalue weighted by Gasteiger charge is -2.36. The predicted molar refractivity (Wildman–Crippen MR) is 89.7 cm³/mol. The second kappa shape index (κ2) is 6.14. The summed E-state index contributed by atoms with van der Waals surface area (Å²) in [6.07, 6.45) is 1.23. The third-order valence-electron chi connectivity index (χ3n) is 5.12. The van der Waals surface area contributed by atoms with E-state index in [1.807, 2.05) is 12.1 Å². The van der Waals surface area contributed by atoms with Gasteiger partial charge in [0.05, 0.1) is 18.3 Å². The normalized spacial score (nSPS) is 27.5. The number of aromatic amines is 1. The lowest BCUT2D eigenvalue weighted by atomic mass is 10.0. The highest BCUT2D eigenvalue weighted by Gasteiger charge is 2.38. The second-order valence-corrected chi connectivity index (χ2v) is 7.13. The molecule has 0 radical (unpaired) electrons. The number of benzene rings is 1. The highest BCUT2D eigenvalue weighted by molar-refractivity contribution is 6.04. The van der Waals surface area contributed by atoms with E-state index in [0.717, 1.165) is 26.1 Å². The molecule has 1 amide bonds. The molecule has 7 heteroatoms. The number of para-hydroxylation sites is 1. The summed E-state index contributed by atoms with van der Waals surface area (Å²) in [7, 11) is 0. The Kier molecular flexibility index (Phi) is 3.97. The first-order chi connectivity index (χ1) is 11.6. The summed E-state index contributed by atoms with van der Waals surface area (Å²) in [4.78, 5) is 15.1. The Morgan fingerprint density at radius 1 is 1.38 bits per heavy atom. The number of hydrogen-bond donors (Lipinski definition) is 2. The molecule has 3 heterocycles. The molecule has 0 saturated carbocycles. The molecule has 2 aromatic rings. The number of carbonyl (C=O) groups excluding carboxylic acids is 1. The molecule has 128 valence electrons. The second-order valence-electron chi connectivity index (χ2n) is 7.13. The molecule has 3 atom stereocenters. The van der Waals surface area contributed by atoms with Crippen molar-refractivity contribution < 1.29 is 9.53 Å². The molecule has 7 nitrogen and oxygen atoms in total. The Hall–Kier alpha value is -1.99. The van der Waals surface area contributed by atoms with Gasteiger partial charge in [0.1, 0.15) is 11.0 Å². The van der Waals surface area contributed by atoms with Gasteiger partial charge in [-0.1, -0.05) is 19.9 Å². The van der Waals surface area contributed by atoms with Gasteiger partial charge >= 0.3 is 0 Å². The molecule has 1 aromatic carbocycles. The number of morpholine rings is 1. The van der Waals surface area contributed by atoms with E-state index in [0.29, 0.717) is 34.7 Å². The summed E-state index contributed by atoms with van der Waals surface area (Å²) < 4.78 is 5.96. The first-order valence-corrected chi connectivity index (χ1v) is 8.58. The maximum absolute atomic E-state index is 12.6. The Balaban J connectivity index is 1.43. The van der Waals surface area contributed by atoms with E-state index in [2.05, 4.69) is 39.5 Å². The highest BCUT2D eigenvalue weighted by Crippen LogP contribution is 2.26. The van der Waals surface area contributed by atoms with Crippen LogP contribution in [-0.2, 0) is 4.74 Å². The third-order valence-corrected chi connectivity index (χ3v) is 5.12. The molecule has 2 aliphatic heterocycles. The quantitative estimate of drug-likeness (QED) is 0.884. The standard InChI is InChI=1S/C17H23N5O2/c1-10(2)15-8-22-7-11(6-12(22)9-24-15)18-17(23)13-4-3-5-14-16(13)20-21-19-14/h3-5,10-12,15H,6-9H2,1-2H3,(H,18,23)(H,19,20,21)/t11-,12+,15-/m1/s1. The van der Waals surface area contributed by atoms with Gasteiger partial charge in [0.2, 0.25) is 0 Å². The van der Waals surface area contributed by atoms with Gasteiger partial charge in [-0.05, 0) is 24.5 Å². The van der Waals surface area contributed by atoms with E-state index in [1.165, 1.54) is 0 Å². The van der Waals surface area contributed by atoms with Crippen LogP contribution in [0.15, 0.2) is 18.2 Å². The Morgan fingerprint density at radius 2 is 2.25 bits per heavy atom. The van der Waals surface area contributed by atoms with Gasteiger partial charge in [-0.15, -0.1) is 0 Å². The van der Waals surface area contributed by atoms with Gasteiger partial charge in [0, 0.05) is 25.2 Å². The minimum absolute atomic E-state index is 0.0827. The van der Waals surface area contributed by atoms with Crippen LogP contribution in [0.25, 0.3) is 11.0 Å². The van der Waals surface area contributed by atoms with Crippen LogP contribution in [0.1, 0.15) is 30.6 Å². The van der Waals surface area contributed by atoms with Crippen LogP contribution in [0.5, 0.6) is 0 Å². The average Bonchev–Trinajstić information content (AvgIpc) is 3.19. The smallest absolute Gasteiger partial charge is 0.253 e. The predicted octanol–water partition coefficient (Wildman–Crippen LogP) is 1.19. The van der Waals surface area contributed by atoms with Crippen LogP contribution in [0, 0.1) is 5.92 Å². The van der Waals surface area contributed by atoms with E-state index in [9.17, 15) is 4.79 Å². The van der Waals surface area contributed by atoms with Crippen molar-refractivity contribution in [1.82, 2.24) is 25.6 Å². The average molecular weight is 329 g/mol. The molecule has 2 fully saturated rings. The van der Waals surface area contributed by atoms with Gasteiger partial charge in [-0.25, -0.2) is 0 Å². The lowest BCUT2D eigenvalue weighted by molar-refractivity contribution is -0.0683. The van der Waals surface area contributed by atoms with Crippen molar-refractivity contribution in [2.75, 3.05) is 19.7 Å². The summed E-state index contributed by atoms with van der Waals surface area (Å²) in [5.41, 5.74) is 1.90. The fourth-order valence-corrected chi connectivity index (χ4v) is 3.72. The van der Waals surface area contributed by atoms with Crippen molar-refractivity contribution in [2.45, 2.75) is 38.5 Å². The molecular weight excluding hydrogens is 306 g/mol. The van der Waals surface area contributed by atoms with Crippen LogP contribution in [0.2, 0.25) is 0 Å². The van der Waals surface area contributed by atoms with Crippen LogP contribution in [-0.4, -0.2) is 64.1 Å². The van der Waals surface area contributed by atoms with E-state index in [4.69, 9.17) is 4.74 Å². The number of rotatable bonds is 3. The topological polar surface area (TPSA) is 83.1 Å². The Labute approximate surface area is 140 Å². The maximum Gasteiger partial charge on any atom is 0.253 e. The zero-order chi connectivity index (χ0) is 16.7. The van der Waals surface area contributed by atoms with Gasteiger partial charge in [-0.2, -0.15) is 15.4 Å². The molecule has 0 aliphatic carbocycles. The number of fused-ring (bicyclic) bond motifs is 2. The number of H-pyrrole nitrogens is 1. The molecule has 4 rings (SSSR count). The van der Waals surface area contributed by atoms with E-state index < -0.39 is 0 Å². The SMILES string of the molecule is CC(C)[C@H]1CN2C[C@H](NC(=O)c3cccc4n[nH]nc34)C[C@H]2CO1. The molecule has 24 heavy (non-hydrogen) atoms. The van der Waals surface area contributed by atoms with Crippen LogP contribution in [0.3, 0.4) is 0 Å². The fraction of sp³-hybridized carbons (Fsp3) is 0.588. The number of aromatic nitrogens is 3. The first kappa shape index (κ1) is 15.5.